The lowest BCUT2D eigenvalue weighted by molar-refractivity contribution is 0.357. The average Bonchev–Trinajstić information content (AvgIpc) is 2.75. The molecule has 1 aromatic carbocycles. The summed E-state index contributed by atoms with van der Waals surface area (Å²) in [5, 5.41) is 4.65. The summed E-state index contributed by atoms with van der Waals surface area (Å²) in [6.45, 7) is 10.6. The number of para-hydroxylation sites is 1. The maximum Gasteiger partial charge on any atom is 0.134 e. The van der Waals surface area contributed by atoms with E-state index in [-0.39, 0.29) is 0 Å². The number of furan rings is 1. The van der Waals surface area contributed by atoms with E-state index in [1.165, 1.54) is 10.9 Å². The number of nitrogens with zero attached hydrogens (tertiary/aromatic N) is 1. The van der Waals surface area contributed by atoms with E-state index in [1.807, 2.05) is 18.2 Å². The molecule has 0 aliphatic rings. The van der Waals surface area contributed by atoms with Gasteiger partial charge < -0.3 is 9.73 Å². The van der Waals surface area contributed by atoms with E-state index in [2.05, 4.69) is 49.8 Å². The van der Waals surface area contributed by atoms with Gasteiger partial charge in [0.1, 0.15) is 11.3 Å². The van der Waals surface area contributed by atoms with Gasteiger partial charge in [-0.3, -0.25) is 4.90 Å². The fraction of sp³-hybridized carbons (Fsp3) is 0.412. The van der Waals surface area contributed by atoms with Crippen LogP contribution in [0.3, 0.4) is 0 Å². The van der Waals surface area contributed by atoms with Crippen LogP contribution < -0.4 is 5.32 Å². The Morgan fingerprint density at radius 2 is 2.10 bits per heavy atom. The topological polar surface area (TPSA) is 28.4 Å². The fourth-order valence-corrected chi connectivity index (χ4v) is 2.32. The molecule has 0 atom stereocenters. The zero-order valence-corrected chi connectivity index (χ0v) is 12.6. The van der Waals surface area contributed by atoms with E-state index in [4.69, 9.17) is 4.42 Å². The van der Waals surface area contributed by atoms with Crippen molar-refractivity contribution in [2.24, 2.45) is 0 Å². The minimum Gasteiger partial charge on any atom is -0.459 e. The molecule has 0 spiro atoms. The second kappa shape index (κ2) is 6.73. The lowest BCUT2D eigenvalue weighted by atomic mass is 10.1. The standard InChI is InChI=1S/C17H24N2O/c1-5-10-19(4)12-15-14-8-6-7-9-16(14)20-17(15)11-18-13(2)3/h5-9,13,18H,1,10-12H2,2-4H3. The quantitative estimate of drug-likeness (QED) is 0.781. The first-order valence-corrected chi connectivity index (χ1v) is 7.14. The molecule has 0 amide bonds. The van der Waals surface area contributed by atoms with Crippen LogP contribution in [-0.4, -0.2) is 24.5 Å². The van der Waals surface area contributed by atoms with Gasteiger partial charge in [0.25, 0.3) is 0 Å². The molecule has 1 heterocycles. The van der Waals surface area contributed by atoms with Crippen molar-refractivity contribution in [1.29, 1.82) is 0 Å². The van der Waals surface area contributed by atoms with Crippen LogP contribution in [0.15, 0.2) is 41.3 Å². The molecule has 0 radical (unpaired) electrons. The molecule has 1 N–H and O–H groups in total. The molecule has 108 valence electrons. The van der Waals surface area contributed by atoms with Gasteiger partial charge in [-0.05, 0) is 13.1 Å². The van der Waals surface area contributed by atoms with Gasteiger partial charge >= 0.3 is 0 Å². The van der Waals surface area contributed by atoms with Crippen molar-refractivity contribution in [2.45, 2.75) is 33.0 Å². The monoisotopic (exact) mass is 272 g/mol. The largest absolute Gasteiger partial charge is 0.459 e. The Labute approximate surface area is 121 Å². The highest BCUT2D eigenvalue weighted by molar-refractivity contribution is 5.82. The lowest BCUT2D eigenvalue weighted by Gasteiger charge is -2.15. The van der Waals surface area contributed by atoms with E-state index in [0.29, 0.717) is 6.04 Å². The Morgan fingerprint density at radius 3 is 2.80 bits per heavy atom. The van der Waals surface area contributed by atoms with Crippen molar-refractivity contribution in [3.05, 3.63) is 48.2 Å². The number of hydrogen-bond donors (Lipinski definition) is 1. The molecule has 0 aliphatic heterocycles. The summed E-state index contributed by atoms with van der Waals surface area (Å²) in [6, 6.07) is 8.69. The lowest BCUT2D eigenvalue weighted by Crippen LogP contribution is -2.23. The van der Waals surface area contributed by atoms with Crippen molar-refractivity contribution in [3.63, 3.8) is 0 Å². The maximum absolute atomic E-state index is 6.01. The molecular formula is C17H24N2O. The van der Waals surface area contributed by atoms with Gasteiger partial charge in [0.05, 0.1) is 6.54 Å². The predicted molar refractivity (Wildman–Crippen MR) is 84.7 cm³/mol. The fourth-order valence-electron chi connectivity index (χ4n) is 2.32. The third kappa shape index (κ3) is 3.50. The number of fused-ring (bicyclic) bond motifs is 1. The summed E-state index contributed by atoms with van der Waals surface area (Å²) in [5.41, 5.74) is 2.24. The number of benzene rings is 1. The average molecular weight is 272 g/mol. The normalized spacial score (nSPS) is 11.7. The minimum absolute atomic E-state index is 0.446. The number of nitrogens with one attached hydrogen (secondary N) is 1. The van der Waals surface area contributed by atoms with Gasteiger partial charge in [0.15, 0.2) is 0 Å². The Kier molecular flexibility index (Phi) is 4.99. The SMILES string of the molecule is C=CCN(C)Cc1c(CNC(C)C)oc2ccccc12. The van der Waals surface area contributed by atoms with E-state index in [0.717, 1.165) is 31.0 Å². The summed E-state index contributed by atoms with van der Waals surface area (Å²) in [7, 11) is 2.10. The van der Waals surface area contributed by atoms with Gasteiger partial charge in [0.2, 0.25) is 0 Å². The third-order valence-electron chi connectivity index (χ3n) is 3.32. The van der Waals surface area contributed by atoms with Gasteiger partial charge in [-0.1, -0.05) is 38.1 Å². The van der Waals surface area contributed by atoms with Crippen LogP contribution in [0.25, 0.3) is 11.0 Å². The third-order valence-corrected chi connectivity index (χ3v) is 3.32. The summed E-state index contributed by atoms with van der Waals surface area (Å²) < 4.78 is 6.01. The molecule has 0 fully saturated rings. The smallest absolute Gasteiger partial charge is 0.134 e. The predicted octanol–water partition coefficient (Wildman–Crippen LogP) is 3.55. The number of likely N-dealkylation sites (N-methyl/N-ethyl adjacent to an activating group) is 1. The molecule has 20 heavy (non-hydrogen) atoms. The Bertz CT molecular complexity index is 571. The van der Waals surface area contributed by atoms with Gasteiger partial charge in [0, 0.05) is 30.1 Å². The van der Waals surface area contributed by atoms with Crippen molar-refractivity contribution >= 4 is 11.0 Å². The first-order chi connectivity index (χ1) is 9.61. The van der Waals surface area contributed by atoms with Crippen molar-refractivity contribution in [3.8, 4) is 0 Å². The molecule has 3 nitrogen and oxygen atoms in total. The summed E-state index contributed by atoms with van der Waals surface area (Å²) in [6.07, 6.45) is 1.92. The first-order valence-electron chi connectivity index (χ1n) is 7.14. The van der Waals surface area contributed by atoms with E-state index < -0.39 is 0 Å². The summed E-state index contributed by atoms with van der Waals surface area (Å²) in [4.78, 5) is 2.24. The van der Waals surface area contributed by atoms with E-state index in [1.54, 1.807) is 0 Å². The first kappa shape index (κ1) is 14.8. The van der Waals surface area contributed by atoms with Crippen LogP contribution in [0, 0.1) is 0 Å². The Morgan fingerprint density at radius 1 is 1.35 bits per heavy atom. The molecule has 0 saturated heterocycles. The molecule has 0 bridgehead atoms. The van der Waals surface area contributed by atoms with Gasteiger partial charge in [-0.2, -0.15) is 0 Å². The van der Waals surface area contributed by atoms with Gasteiger partial charge in [-0.15, -0.1) is 6.58 Å². The summed E-state index contributed by atoms with van der Waals surface area (Å²) >= 11 is 0. The Balaban J connectivity index is 2.31. The van der Waals surface area contributed by atoms with Crippen LogP contribution >= 0.6 is 0 Å². The zero-order chi connectivity index (χ0) is 14.5. The molecule has 0 saturated carbocycles. The molecular weight excluding hydrogens is 248 g/mol. The Hall–Kier alpha value is -1.58. The van der Waals surface area contributed by atoms with Crippen LogP contribution in [0.1, 0.15) is 25.2 Å². The van der Waals surface area contributed by atoms with Crippen LogP contribution in [-0.2, 0) is 13.1 Å². The second-order valence-corrected chi connectivity index (χ2v) is 5.52. The van der Waals surface area contributed by atoms with Crippen LogP contribution in [0.2, 0.25) is 0 Å². The summed E-state index contributed by atoms with van der Waals surface area (Å²) in [5.74, 6) is 1.04. The van der Waals surface area contributed by atoms with Crippen molar-refractivity contribution in [1.82, 2.24) is 10.2 Å². The maximum atomic E-state index is 6.01. The molecule has 0 aliphatic carbocycles. The minimum atomic E-state index is 0.446. The van der Waals surface area contributed by atoms with E-state index in [9.17, 15) is 0 Å². The van der Waals surface area contributed by atoms with Crippen molar-refractivity contribution < 1.29 is 4.42 Å². The molecule has 2 rings (SSSR count). The highest BCUT2D eigenvalue weighted by Crippen LogP contribution is 2.27. The molecule has 2 aromatic rings. The number of hydrogen-bond acceptors (Lipinski definition) is 3. The highest BCUT2D eigenvalue weighted by Gasteiger charge is 2.15. The van der Waals surface area contributed by atoms with Crippen LogP contribution in [0.5, 0.6) is 0 Å². The van der Waals surface area contributed by atoms with E-state index >= 15 is 0 Å². The molecule has 1 aromatic heterocycles. The second-order valence-electron chi connectivity index (χ2n) is 5.52. The van der Waals surface area contributed by atoms with Gasteiger partial charge in [-0.25, -0.2) is 0 Å². The highest BCUT2D eigenvalue weighted by atomic mass is 16.3. The zero-order valence-electron chi connectivity index (χ0n) is 12.6. The number of rotatable bonds is 7. The molecule has 3 heteroatoms. The van der Waals surface area contributed by atoms with Crippen LogP contribution in [0.4, 0.5) is 0 Å². The van der Waals surface area contributed by atoms with Crippen molar-refractivity contribution in [2.75, 3.05) is 13.6 Å². The molecule has 0 unspecified atom stereocenters.